The Morgan fingerprint density at radius 3 is 2.14 bits per heavy atom. The van der Waals surface area contributed by atoms with Crippen LogP contribution in [0.15, 0.2) is 90.1 Å². The molecule has 0 aliphatic heterocycles. The molecule has 0 radical (unpaired) electrons. The normalized spacial score (nSPS) is 11.2. The standard InChI is InChI=1S/C25H23N3S/c1-19-10-14-22(15-11-19)24-26-27-25(28(24)23-16-12-20(2)13-17-23)29-18-6-9-21-7-4-3-5-8-21/h3-17H,18H2,1-2H3. The Bertz CT molecular complexity index is 1100. The number of hydrogen-bond acceptors (Lipinski definition) is 3. The smallest absolute Gasteiger partial charge is 0.196 e. The van der Waals surface area contributed by atoms with Crippen LogP contribution in [-0.4, -0.2) is 20.5 Å². The first-order valence-electron chi connectivity index (χ1n) is 9.64. The van der Waals surface area contributed by atoms with Gasteiger partial charge in [-0.1, -0.05) is 102 Å². The molecule has 0 bridgehead atoms. The molecule has 0 fully saturated rings. The number of aromatic nitrogens is 3. The molecule has 0 saturated heterocycles. The summed E-state index contributed by atoms with van der Waals surface area (Å²) in [5.74, 6) is 1.69. The van der Waals surface area contributed by atoms with Crippen LogP contribution in [0.4, 0.5) is 0 Å². The molecular formula is C25H23N3S. The highest BCUT2D eigenvalue weighted by Crippen LogP contribution is 2.28. The Kier molecular flexibility index (Phi) is 5.92. The van der Waals surface area contributed by atoms with Crippen molar-refractivity contribution >= 4 is 17.8 Å². The van der Waals surface area contributed by atoms with E-state index in [0.29, 0.717) is 0 Å². The third-order valence-corrected chi connectivity index (χ3v) is 5.54. The lowest BCUT2D eigenvalue weighted by Crippen LogP contribution is -2.00. The molecule has 4 heteroatoms. The topological polar surface area (TPSA) is 30.7 Å². The van der Waals surface area contributed by atoms with Crippen molar-refractivity contribution in [1.29, 1.82) is 0 Å². The zero-order valence-corrected chi connectivity index (χ0v) is 17.4. The molecule has 4 rings (SSSR count). The van der Waals surface area contributed by atoms with E-state index < -0.39 is 0 Å². The molecular weight excluding hydrogens is 374 g/mol. The fraction of sp³-hybridized carbons (Fsp3) is 0.120. The highest BCUT2D eigenvalue weighted by molar-refractivity contribution is 7.99. The Morgan fingerprint density at radius 2 is 1.45 bits per heavy atom. The van der Waals surface area contributed by atoms with Crippen molar-refractivity contribution in [2.75, 3.05) is 5.75 Å². The molecule has 0 spiro atoms. The maximum absolute atomic E-state index is 4.52. The lowest BCUT2D eigenvalue weighted by atomic mass is 10.1. The molecule has 0 amide bonds. The first kappa shape index (κ1) is 19.2. The van der Waals surface area contributed by atoms with Crippen molar-refractivity contribution in [2.45, 2.75) is 19.0 Å². The third kappa shape index (κ3) is 4.66. The zero-order valence-electron chi connectivity index (χ0n) is 16.6. The molecule has 4 aromatic rings. The highest BCUT2D eigenvalue weighted by atomic mass is 32.2. The predicted molar refractivity (Wildman–Crippen MR) is 122 cm³/mol. The second-order valence-electron chi connectivity index (χ2n) is 6.97. The molecule has 1 heterocycles. The molecule has 29 heavy (non-hydrogen) atoms. The van der Waals surface area contributed by atoms with Crippen molar-refractivity contribution in [3.8, 4) is 17.1 Å². The van der Waals surface area contributed by atoms with Gasteiger partial charge >= 0.3 is 0 Å². The summed E-state index contributed by atoms with van der Waals surface area (Å²) in [6, 6.07) is 27.3. The summed E-state index contributed by atoms with van der Waals surface area (Å²) >= 11 is 1.69. The first-order valence-corrected chi connectivity index (χ1v) is 10.6. The van der Waals surface area contributed by atoms with E-state index >= 15 is 0 Å². The van der Waals surface area contributed by atoms with Crippen LogP contribution >= 0.6 is 11.8 Å². The summed E-state index contributed by atoms with van der Waals surface area (Å²) in [4.78, 5) is 0. The summed E-state index contributed by atoms with van der Waals surface area (Å²) in [5, 5.41) is 9.91. The number of thioether (sulfide) groups is 1. The summed E-state index contributed by atoms with van der Waals surface area (Å²) in [6.45, 7) is 4.19. The van der Waals surface area contributed by atoms with Crippen molar-refractivity contribution in [2.24, 2.45) is 0 Å². The second-order valence-corrected chi connectivity index (χ2v) is 7.95. The Labute approximate surface area is 176 Å². The van der Waals surface area contributed by atoms with Crippen LogP contribution in [0.1, 0.15) is 16.7 Å². The van der Waals surface area contributed by atoms with Gasteiger partial charge < -0.3 is 0 Å². The average molecular weight is 398 g/mol. The minimum Gasteiger partial charge on any atom is -0.270 e. The van der Waals surface area contributed by atoms with E-state index in [1.165, 1.54) is 16.7 Å². The van der Waals surface area contributed by atoms with Crippen LogP contribution in [0.3, 0.4) is 0 Å². The maximum atomic E-state index is 4.52. The van der Waals surface area contributed by atoms with E-state index in [2.05, 4.69) is 114 Å². The van der Waals surface area contributed by atoms with Crippen LogP contribution in [0, 0.1) is 13.8 Å². The molecule has 0 atom stereocenters. The van der Waals surface area contributed by atoms with E-state index in [0.717, 1.165) is 28.0 Å². The van der Waals surface area contributed by atoms with E-state index in [1.54, 1.807) is 11.8 Å². The SMILES string of the molecule is Cc1ccc(-c2nnc(SCC=Cc3ccccc3)n2-c2ccc(C)cc2)cc1. The fourth-order valence-electron chi connectivity index (χ4n) is 3.05. The number of hydrogen-bond donors (Lipinski definition) is 0. The van der Waals surface area contributed by atoms with E-state index in [1.807, 2.05) is 6.07 Å². The molecule has 144 valence electrons. The van der Waals surface area contributed by atoms with Gasteiger partial charge in [0, 0.05) is 17.0 Å². The zero-order chi connectivity index (χ0) is 20.1. The van der Waals surface area contributed by atoms with Gasteiger partial charge in [0.2, 0.25) is 0 Å². The second kappa shape index (κ2) is 8.93. The van der Waals surface area contributed by atoms with Gasteiger partial charge in [0.25, 0.3) is 0 Å². The van der Waals surface area contributed by atoms with E-state index in [4.69, 9.17) is 0 Å². The lowest BCUT2D eigenvalue weighted by Gasteiger charge is -2.10. The number of nitrogens with zero attached hydrogens (tertiary/aromatic N) is 3. The number of benzene rings is 3. The summed E-state index contributed by atoms with van der Waals surface area (Å²) in [6.07, 6.45) is 4.31. The first-order chi connectivity index (χ1) is 14.2. The number of aryl methyl sites for hydroxylation is 2. The number of rotatable bonds is 6. The fourth-order valence-corrected chi connectivity index (χ4v) is 3.81. The van der Waals surface area contributed by atoms with Gasteiger partial charge in [-0.15, -0.1) is 10.2 Å². The van der Waals surface area contributed by atoms with Gasteiger partial charge in [0.05, 0.1) is 0 Å². The average Bonchev–Trinajstić information content (AvgIpc) is 3.17. The molecule has 0 unspecified atom stereocenters. The Hall–Kier alpha value is -3.11. The molecule has 0 saturated carbocycles. The minimum atomic E-state index is 0.826. The minimum absolute atomic E-state index is 0.826. The van der Waals surface area contributed by atoms with E-state index in [9.17, 15) is 0 Å². The highest BCUT2D eigenvalue weighted by Gasteiger charge is 2.15. The van der Waals surface area contributed by atoms with Crippen LogP contribution < -0.4 is 0 Å². The van der Waals surface area contributed by atoms with Gasteiger partial charge in [-0.25, -0.2) is 0 Å². The van der Waals surface area contributed by atoms with Crippen molar-refractivity contribution < 1.29 is 0 Å². The molecule has 1 aromatic heterocycles. The third-order valence-electron chi connectivity index (χ3n) is 4.65. The van der Waals surface area contributed by atoms with Crippen molar-refractivity contribution in [1.82, 2.24) is 14.8 Å². The predicted octanol–water partition coefficient (Wildman–Crippen LogP) is 6.36. The van der Waals surface area contributed by atoms with E-state index in [-0.39, 0.29) is 0 Å². The molecule has 3 aromatic carbocycles. The van der Waals surface area contributed by atoms with Crippen molar-refractivity contribution in [3.63, 3.8) is 0 Å². The lowest BCUT2D eigenvalue weighted by molar-refractivity contribution is 0.887. The summed E-state index contributed by atoms with van der Waals surface area (Å²) in [7, 11) is 0. The molecule has 0 aliphatic carbocycles. The quantitative estimate of drug-likeness (QED) is 0.355. The van der Waals surface area contributed by atoms with Crippen LogP contribution in [0.5, 0.6) is 0 Å². The Balaban J connectivity index is 1.63. The Morgan fingerprint density at radius 1 is 0.793 bits per heavy atom. The largest absolute Gasteiger partial charge is 0.270 e. The molecule has 3 nitrogen and oxygen atoms in total. The van der Waals surface area contributed by atoms with Crippen LogP contribution in [-0.2, 0) is 0 Å². The molecule has 0 N–H and O–H groups in total. The monoisotopic (exact) mass is 397 g/mol. The van der Waals surface area contributed by atoms with Crippen molar-refractivity contribution in [3.05, 3.63) is 102 Å². The summed E-state index contributed by atoms with van der Waals surface area (Å²) in [5.41, 5.74) is 5.81. The maximum Gasteiger partial charge on any atom is 0.196 e. The van der Waals surface area contributed by atoms with Gasteiger partial charge in [0.15, 0.2) is 11.0 Å². The van der Waals surface area contributed by atoms with Crippen LogP contribution in [0.2, 0.25) is 0 Å². The van der Waals surface area contributed by atoms with Gasteiger partial charge in [0.1, 0.15) is 0 Å². The molecule has 0 aliphatic rings. The van der Waals surface area contributed by atoms with Gasteiger partial charge in [-0.05, 0) is 31.5 Å². The summed E-state index contributed by atoms with van der Waals surface area (Å²) < 4.78 is 2.14. The van der Waals surface area contributed by atoms with Gasteiger partial charge in [-0.2, -0.15) is 0 Å². The van der Waals surface area contributed by atoms with Crippen LogP contribution in [0.25, 0.3) is 23.2 Å². The van der Waals surface area contributed by atoms with Gasteiger partial charge in [-0.3, -0.25) is 4.57 Å².